The molecule has 1 aliphatic heterocycles. The minimum Gasteiger partial charge on any atom is -0.387 e. The topological polar surface area (TPSA) is 187 Å². The predicted molar refractivity (Wildman–Crippen MR) is 166 cm³/mol. The number of nitrogens with zero attached hydrogens (tertiary/aromatic N) is 8. The van der Waals surface area contributed by atoms with Gasteiger partial charge in [-0.15, -0.1) is 10.2 Å². The van der Waals surface area contributed by atoms with Gasteiger partial charge in [-0.3, -0.25) is 4.57 Å². The largest absolute Gasteiger partial charge is 0.387 e. The van der Waals surface area contributed by atoms with Crippen molar-refractivity contribution in [1.29, 1.82) is 0 Å². The number of imidazole rings is 1. The Morgan fingerprint density at radius 1 is 0.956 bits per heavy atom. The van der Waals surface area contributed by atoms with E-state index in [0.717, 1.165) is 25.7 Å². The van der Waals surface area contributed by atoms with Gasteiger partial charge in [0, 0.05) is 24.5 Å². The molecular weight excluding hydrogens is 574 g/mol. The van der Waals surface area contributed by atoms with Gasteiger partial charge in [0.25, 0.3) is 0 Å². The number of aryl methyl sites for hydroxylation is 1. The summed E-state index contributed by atoms with van der Waals surface area (Å²) in [4.78, 5) is 15.7. The summed E-state index contributed by atoms with van der Waals surface area (Å²) in [5, 5.41) is 41.0. The number of hydrogen-bond acceptors (Lipinski definition) is 12. The molecule has 5 aromatic rings. The van der Waals surface area contributed by atoms with E-state index in [1.807, 2.05) is 36.4 Å². The summed E-state index contributed by atoms with van der Waals surface area (Å²) in [6, 6.07) is 21.1. The fraction of sp³-hybridized carbons (Fsp3) is 0.419. The zero-order valence-corrected chi connectivity index (χ0v) is 24.9. The molecule has 0 amide bonds. The maximum absolute atomic E-state index is 11.1. The highest BCUT2D eigenvalue weighted by Gasteiger charge is 2.47. The van der Waals surface area contributed by atoms with Crippen LogP contribution in [-0.4, -0.2) is 80.8 Å². The van der Waals surface area contributed by atoms with E-state index in [2.05, 4.69) is 55.3 Å². The van der Waals surface area contributed by atoms with Gasteiger partial charge in [-0.2, -0.15) is 14.8 Å². The van der Waals surface area contributed by atoms with Crippen molar-refractivity contribution in [3.8, 4) is 0 Å². The maximum Gasteiger partial charge on any atom is 0.227 e. The molecule has 4 heterocycles. The first kappa shape index (κ1) is 29.2. The standard InChI is InChI=1S/C31H37N11O3/c1-41-39-28(38-40-41)26-24(43)25(44)30(45-26)42-17-34-23-27(36-31(37-29(23)42)35-21-14-12-20(32)13-15-21)33-16-22(18-8-4-2-5-9-18)19-10-6-3-7-11-19/h2-11,17,20-22,24-26,30,43-44H,12-16,32H2,1H3,(H2,33,35,36,37). The van der Waals surface area contributed by atoms with Crippen LogP contribution in [0, 0.1) is 0 Å². The van der Waals surface area contributed by atoms with Crippen LogP contribution in [0.15, 0.2) is 67.0 Å². The van der Waals surface area contributed by atoms with Crippen molar-refractivity contribution in [3.63, 3.8) is 0 Å². The zero-order valence-electron chi connectivity index (χ0n) is 24.9. The van der Waals surface area contributed by atoms with Crippen LogP contribution < -0.4 is 16.4 Å². The Bertz CT molecular complexity index is 1680. The molecule has 2 aliphatic rings. The third-order valence-electron chi connectivity index (χ3n) is 8.69. The minimum absolute atomic E-state index is 0.0473. The summed E-state index contributed by atoms with van der Waals surface area (Å²) in [5.74, 6) is 1.21. The van der Waals surface area contributed by atoms with Crippen LogP contribution in [0.2, 0.25) is 0 Å². The van der Waals surface area contributed by atoms with E-state index in [0.29, 0.717) is 29.5 Å². The summed E-state index contributed by atoms with van der Waals surface area (Å²) in [5.41, 5.74) is 9.45. The molecule has 14 heteroatoms. The molecular formula is C31H37N11O3. The van der Waals surface area contributed by atoms with E-state index in [1.165, 1.54) is 15.9 Å². The lowest BCUT2D eigenvalue weighted by Crippen LogP contribution is -2.33. The van der Waals surface area contributed by atoms with E-state index >= 15 is 0 Å². The average Bonchev–Trinajstić information content (AvgIpc) is 3.76. The molecule has 0 radical (unpaired) electrons. The Kier molecular flexibility index (Phi) is 8.10. The number of fused-ring (bicyclic) bond motifs is 1. The monoisotopic (exact) mass is 611 g/mol. The molecule has 4 atom stereocenters. The fourth-order valence-electron chi connectivity index (χ4n) is 6.25. The Labute approximate surface area is 259 Å². The first-order valence-corrected chi connectivity index (χ1v) is 15.3. The molecule has 4 unspecified atom stereocenters. The number of nitrogens with two attached hydrogens (primary N) is 1. The number of nitrogens with one attached hydrogen (secondary N) is 2. The van der Waals surface area contributed by atoms with Crippen molar-refractivity contribution >= 4 is 22.9 Å². The van der Waals surface area contributed by atoms with E-state index in [1.54, 1.807) is 17.9 Å². The summed E-state index contributed by atoms with van der Waals surface area (Å²) in [6.45, 7) is 0.548. The van der Waals surface area contributed by atoms with E-state index < -0.39 is 24.5 Å². The number of anilines is 2. The first-order valence-electron chi connectivity index (χ1n) is 15.3. The molecule has 234 valence electrons. The maximum atomic E-state index is 11.1. The van der Waals surface area contributed by atoms with Gasteiger partial charge < -0.3 is 31.3 Å². The zero-order chi connectivity index (χ0) is 30.9. The second-order valence-electron chi connectivity index (χ2n) is 11.8. The van der Waals surface area contributed by atoms with Gasteiger partial charge in [0.2, 0.25) is 11.8 Å². The van der Waals surface area contributed by atoms with Crippen molar-refractivity contribution in [3.05, 3.63) is 83.9 Å². The van der Waals surface area contributed by atoms with Gasteiger partial charge in [0.15, 0.2) is 29.3 Å². The second kappa shape index (κ2) is 12.5. The third kappa shape index (κ3) is 5.96. The number of benzene rings is 2. The molecule has 1 saturated carbocycles. The number of hydrogen-bond donors (Lipinski definition) is 5. The molecule has 0 bridgehead atoms. The molecule has 3 aromatic heterocycles. The molecule has 6 N–H and O–H groups in total. The van der Waals surface area contributed by atoms with Crippen molar-refractivity contribution < 1.29 is 14.9 Å². The van der Waals surface area contributed by atoms with Crippen molar-refractivity contribution in [1.82, 2.24) is 39.7 Å². The molecule has 2 aromatic carbocycles. The number of aliphatic hydroxyl groups is 2. The Morgan fingerprint density at radius 2 is 1.64 bits per heavy atom. The first-order chi connectivity index (χ1) is 21.9. The minimum atomic E-state index is -1.29. The lowest BCUT2D eigenvalue weighted by atomic mass is 9.91. The second-order valence-corrected chi connectivity index (χ2v) is 11.8. The summed E-state index contributed by atoms with van der Waals surface area (Å²) >= 11 is 0. The van der Waals surface area contributed by atoms with Crippen LogP contribution in [-0.2, 0) is 11.8 Å². The van der Waals surface area contributed by atoms with Gasteiger partial charge in [-0.05, 0) is 42.0 Å². The summed E-state index contributed by atoms with van der Waals surface area (Å²) < 4.78 is 7.75. The van der Waals surface area contributed by atoms with Gasteiger partial charge >= 0.3 is 0 Å². The molecule has 2 fully saturated rings. The quantitative estimate of drug-likeness (QED) is 0.164. The lowest BCUT2D eigenvalue weighted by molar-refractivity contribution is -0.0384. The normalized spacial score (nSPS) is 25.2. The number of rotatable bonds is 9. The highest BCUT2D eigenvalue weighted by molar-refractivity contribution is 5.84. The van der Waals surface area contributed by atoms with Gasteiger partial charge in [-0.25, -0.2) is 4.98 Å². The number of tetrazole rings is 1. The summed E-state index contributed by atoms with van der Waals surface area (Å²) in [7, 11) is 1.62. The van der Waals surface area contributed by atoms with Crippen LogP contribution in [0.5, 0.6) is 0 Å². The molecule has 1 saturated heterocycles. The van der Waals surface area contributed by atoms with Crippen LogP contribution in [0.25, 0.3) is 11.2 Å². The van der Waals surface area contributed by atoms with Gasteiger partial charge in [0.05, 0.1) is 13.4 Å². The Hall–Kier alpha value is -4.50. The molecule has 0 spiro atoms. The molecule has 45 heavy (non-hydrogen) atoms. The van der Waals surface area contributed by atoms with E-state index in [4.69, 9.17) is 20.4 Å². The SMILES string of the molecule is Cn1nnc(C2OC(n3cnc4c(NCC(c5ccccc5)c5ccccc5)nc(NC5CCC(N)CC5)nc43)C(O)C2O)n1. The van der Waals surface area contributed by atoms with Crippen LogP contribution >= 0.6 is 0 Å². The highest BCUT2D eigenvalue weighted by Crippen LogP contribution is 2.39. The molecule has 1 aliphatic carbocycles. The number of aromatic nitrogens is 8. The van der Waals surface area contributed by atoms with E-state index in [9.17, 15) is 10.2 Å². The van der Waals surface area contributed by atoms with Crippen LogP contribution in [0.4, 0.5) is 11.8 Å². The van der Waals surface area contributed by atoms with E-state index in [-0.39, 0.29) is 23.8 Å². The Balaban J connectivity index is 1.23. The average molecular weight is 612 g/mol. The third-order valence-corrected chi connectivity index (χ3v) is 8.69. The smallest absolute Gasteiger partial charge is 0.227 e. The van der Waals surface area contributed by atoms with Gasteiger partial charge in [0.1, 0.15) is 12.2 Å². The molecule has 7 rings (SSSR count). The Morgan fingerprint density at radius 3 is 2.29 bits per heavy atom. The van der Waals surface area contributed by atoms with Gasteiger partial charge in [-0.1, -0.05) is 60.7 Å². The van der Waals surface area contributed by atoms with Crippen molar-refractivity contribution in [2.45, 2.75) is 68.2 Å². The van der Waals surface area contributed by atoms with Crippen molar-refractivity contribution in [2.24, 2.45) is 12.8 Å². The van der Waals surface area contributed by atoms with Crippen LogP contribution in [0.3, 0.4) is 0 Å². The van der Waals surface area contributed by atoms with Crippen molar-refractivity contribution in [2.75, 3.05) is 17.2 Å². The number of ether oxygens (including phenoxy) is 1. The number of aliphatic hydroxyl groups excluding tert-OH is 2. The predicted octanol–water partition coefficient (Wildman–Crippen LogP) is 2.27. The lowest BCUT2D eigenvalue weighted by Gasteiger charge is -2.27. The van der Waals surface area contributed by atoms with Crippen LogP contribution in [0.1, 0.15) is 60.9 Å². The fourth-order valence-corrected chi connectivity index (χ4v) is 6.25. The highest BCUT2D eigenvalue weighted by atomic mass is 16.6. The summed E-state index contributed by atoms with van der Waals surface area (Å²) in [6.07, 6.45) is 0.689. The molecule has 14 nitrogen and oxygen atoms in total.